The number of unbranched alkanes of at least 4 members (excludes halogenated alkanes) is 20. The Hall–Kier alpha value is -0.530. The number of ether oxygens (including phenoxy) is 1. The van der Waals surface area contributed by atoms with E-state index in [2.05, 4.69) is 27.7 Å². The first kappa shape index (κ1) is 33.5. The second kappa shape index (κ2) is 25.6. The smallest absolute Gasteiger partial charge is 0.311 e. The topological polar surface area (TPSA) is 26.3 Å². The van der Waals surface area contributed by atoms with Crippen molar-refractivity contribution in [3.63, 3.8) is 0 Å². The quantitative estimate of drug-likeness (QED) is 0.0862. The van der Waals surface area contributed by atoms with E-state index in [4.69, 9.17) is 4.74 Å². The van der Waals surface area contributed by atoms with Gasteiger partial charge in [0.05, 0.1) is 12.0 Å². The van der Waals surface area contributed by atoms with Crippen LogP contribution in [-0.4, -0.2) is 12.6 Å². The van der Waals surface area contributed by atoms with E-state index in [-0.39, 0.29) is 11.4 Å². The minimum Gasteiger partial charge on any atom is -0.465 e. The average Bonchev–Trinajstić information content (AvgIpc) is 2.84. The van der Waals surface area contributed by atoms with E-state index in [9.17, 15) is 4.79 Å². The predicted octanol–water partition coefficient (Wildman–Crippen LogP) is 11.3. The molecule has 34 heavy (non-hydrogen) atoms. The van der Waals surface area contributed by atoms with Crippen LogP contribution in [0.5, 0.6) is 0 Å². The van der Waals surface area contributed by atoms with Gasteiger partial charge >= 0.3 is 5.97 Å². The number of esters is 1. The summed E-state index contributed by atoms with van der Waals surface area (Å²) in [6.45, 7) is 9.63. The zero-order chi connectivity index (χ0) is 25.2. The molecule has 1 unspecified atom stereocenters. The molecule has 1 atom stereocenters. The maximum Gasteiger partial charge on any atom is 0.311 e. The first-order valence-electron chi connectivity index (χ1n) is 15.8. The highest BCUT2D eigenvalue weighted by Gasteiger charge is 2.33. The van der Waals surface area contributed by atoms with Crippen molar-refractivity contribution in [1.29, 1.82) is 0 Å². The highest BCUT2D eigenvalue weighted by molar-refractivity contribution is 5.76. The van der Waals surface area contributed by atoms with E-state index >= 15 is 0 Å². The van der Waals surface area contributed by atoms with Gasteiger partial charge in [0.1, 0.15) is 0 Å². The molecule has 0 fully saturated rings. The van der Waals surface area contributed by atoms with Gasteiger partial charge in [0.25, 0.3) is 0 Å². The summed E-state index contributed by atoms with van der Waals surface area (Å²) in [5, 5.41) is 0. The van der Waals surface area contributed by atoms with E-state index in [0.717, 1.165) is 19.3 Å². The van der Waals surface area contributed by atoms with Gasteiger partial charge in [-0.1, -0.05) is 162 Å². The van der Waals surface area contributed by atoms with E-state index in [0.29, 0.717) is 6.61 Å². The van der Waals surface area contributed by atoms with Crippen LogP contribution in [0.4, 0.5) is 0 Å². The van der Waals surface area contributed by atoms with E-state index in [1.54, 1.807) is 0 Å². The van der Waals surface area contributed by atoms with Crippen LogP contribution in [-0.2, 0) is 9.53 Å². The second-order valence-corrected chi connectivity index (χ2v) is 11.3. The van der Waals surface area contributed by atoms with Crippen molar-refractivity contribution < 1.29 is 9.53 Å². The maximum atomic E-state index is 13.1. The Morgan fingerprint density at radius 2 is 0.765 bits per heavy atom. The lowest BCUT2D eigenvalue weighted by atomic mass is 9.79. The third-order valence-corrected chi connectivity index (χ3v) is 7.64. The third kappa shape index (κ3) is 20.8. The van der Waals surface area contributed by atoms with Crippen molar-refractivity contribution >= 4 is 5.97 Å². The number of hydrogen-bond donors (Lipinski definition) is 0. The summed E-state index contributed by atoms with van der Waals surface area (Å²) in [6, 6.07) is 0. The van der Waals surface area contributed by atoms with Gasteiger partial charge in [-0.15, -0.1) is 0 Å². The SMILES string of the molecule is CCCCCCCCCCCCOC(=O)C(C)(CCCCCCCC)CCCCCCCCC. The van der Waals surface area contributed by atoms with Crippen LogP contribution in [0.1, 0.15) is 188 Å². The molecule has 0 heterocycles. The standard InChI is InChI=1S/C32H64O2/c1-5-8-11-14-17-18-19-21-24-27-30-34-31(33)32(4,28-25-22-16-13-10-7-3)29-26-23-20-15-12-9-6-2/h5-30H2,1-4H3. The summed E-state index contributed by atoms with van der Waals surface area (Å²) in [7, 11) is 0. The minimum absolute atomic E-state index is 0.0861. The predicted molar refractivity (Wildman–Crippen MR) is 152 cm³/mol. The van der Waals surface area contributed by atoms with Gasteiger partial charge in [-0.05, 0) is 26.2 Å². The van der Waals surface area contributed by atoms with Gasteiger partial charge in [0.15, 0.2) is 0 Å². The lowest BCUT2D eigenvalue weighted by Gasteiger charge is -2.27. The van der Waals surface area contributed by atoms with Crippen LogP contribution in [0.2, 0.25) is 0 Å². The monoisotopic (exact) mass is 480 g/mol. The molecule has 0 aromatic carbocycles. The Balaban J connectivity index is 4.15. The number of hydrogen-bond acceptors (Lipinski definition) is 2. The molecule has 0 aliphatic carbocycles. The van der Waals surface area contributed by atoms with E-state index in [1.165, 1.54) is 141 Å². The molecule has 0 bridgehead atoms. The Morgan fingerprint density at radius 1 is 0.471 bits per heavy atom. The fourth-order valence-corrected chi connectivity index (χ4v) is 5.03. The molecule has 0 rings (SSSR count). The summed E-state index contributed by atoms with van der Waals surface area (Å²) >= 11 is 0. The number of carbonyl (C=O) groups is 1. The molecule has 0 aliphatic rings. The molecule has 0 N–H and O–H groups in total. The van der Waals surface area contributed by atoms with Gasteiger partial charge in [0.2, 0.25) is 0 Å². The highest BCUT2D eigenvalue weighted by atomic mass is 16.5. The van der Waals surface area contributed by atoms with Crippen molar-refractivity contribution in [1.82, 2.24) is 0 Å². The lowest BCUT2D eigenvalue weighted by Crippen LogP contribution is -2.30. The van der Waals surface area contributed by atoms with Crippen molar-refractivity contribution in [2.24, 2.45) is 5.41 Å². The van der Waals surface area contributed by atoms with Crippen LogP contribution in [0.25, 0.3) is 0 Å². The average molecular weight is 481 g/mol. The van der Waals surface area contributed by atoms with Crippen LogP contribution < -0.4 is 0 Å². The van der Waals surface area contributed by atoms with E-state index < -0.39 is 0 Å². The van der Waals surface area contributed by atoms with Crippen molar-refractivity contribution in [2.45, 2.75) is 188 Å². The molecule has 204 valence electrons. The maximum absolute atomic E-state index is 13.1. The van der Waals surface area contributed by atoms with Crippen molar-refractivity contribution in [3.8, 4) is 0 Å². The van der Waals surface area contributed by atoms with Gasteiger partial charge in [0, 0.05) is 0 Å². The summed E-state index contributed by atoms with van der Waals surface area (Å²) in [5.74, 6) is 0.0861. The fraction of sp³-hybridized carbons (Fsp3) is 0.969. The third-order valence-electron chi connectivity index (χ3n) is 7.64. The Labute approximate surface area is 215 Å². The Bertz CT molecular complexity index is 419. The molecule has 2 heteroatoms. The summed E-state index contributed by atoms with van der Waals surface area (Å²) in [6.07, 6.45) is 32.0. The zero-order valence-electron chi connectivity index (χ0n) is 24.2. The first-order chi connectivity index (χ1) is 16.6. The lowest BCUT2D eigenvalue weighted by molar-refractivity contribution is -0.156. The summed E-state index contributed by atoms with van der Waals surface area (Å²) < 4.78 is 5.85. The molecule has 0 saturated heterocycles. The molecule has 0 aromatic heterocycles. The summed E-state index contributed by atoms with van der Waals surface area (Å²) in [5.41, 5.74) is -0.271. The van der Waals surface area contributed by atoms with Crippen LogP contribution in [0.15, 0.2) is 0 Å². The first-order valence-corrected chi connectivity index (χ1v) is 15.8. The fourth-order valence-electron chi connectivity index (χ4n) is 5.03. The van der Waals surface area contributed by atoms with Gasteiger partial charge in [-0.3, -0.25) is 4.79 Å². The van der Waals surface area contributed by atoms with Crippen LogP contribution in [0, 0.1) is 5.41 Å². The number of rotatable bonds is 27. The molecule has 2 nitrogen and oxygen atoms in total. The molecule has 0 aliphatic heterocycles. The molecule has 0 saturated carbocycles. The van der Waals surface area contributed by atoms with Crippen molar-refractivity contribution in [3.05, 3.63) is 0 Å². The molecule has 0 aromatic rings. The highest BCUT2D eigenvalue weighted by Crippen LogP contribution is 2.33. The zero-order valence-corrected chi connectivity index (χ0v) is 24.2. The van der Waals surface area contributed by atoms with Gasteiger partial charge < -0.3 is 4.74 Å². The molecule has 0 radical (unpaired) electrons. The molecular weight excluding hydrogens is 416 g/mol. The second-order valence-electron chi connectivity index (χ2n) is 11.3. The minimum atomic E-state index is -0.271. The largest absolute Gasteiger partial charge is 0.465 e. The number of carbonyl (C=O) groups excluding carboxylic acids is 1. The summed E-state index contributed by atoms with van der Waals surface area (Å²) in [4.78, 5) is 13.1. The van der Waals surface area contributed by atoms with Crippen LogP contribution >= 0.6 is 0 Å². The van der Waals surface area contributed by atoms with Gasteiger partial charge in [-0.25, -0.2) is 0 Å². The normalized spacial score (nSPS) is 13.2. The Kier molecular flexibility index (Phi) is 25.2. The Morgan fingerprint density at radius 3 is 1.12 bits per heavy atom. The molecule has 0 amide bonds. The van der Waals surface area contributed by atoms with E-state index in [1.807, 2.05) is 0 Å². The molecule has 0 spiro atoms. The van der Waals surface area contributed by atoms with Gasteiger partial charge in [-0.2, -0.15) is 0 Å². The van der Waals surface area contributed by atoms with Crippen LogP contribution in [0.3, 0.4) is 0 Å². The molecular formula is C32H64O2. The van der Waals surface area contributed by atoms with Crippen molar-refractivity contribution in [2.75, 3.05) is 6.61 Å².